The van der Waals surface area contributed by atoms with E-state index in [-0.39, 0.29) is 12.1 Å². The Morgan fingerprint density at radius 1 is 1.47 bits per heavy atom. The van der Waals surface area contributed by atoms with Crippen molar-refractivity contribution in [1.29, 1.82) is 0 Å². The molecule has 1 saturated heterocycles. The molecular formula is C12H13ClO2. The molecule has 0 saturated carbocycles. The van der Waals surface area contributed by atoms with Gasteiger partial charge < -0.3 is 4.74 Å². The van der Waals surface area contributed by atoms with Crippen LogP contribution >= 0.6 is 11.6 Å². The van der Waals surface area contributed by atoms with Crippen LogP contribution in [0.5, 0.6) is 0 Å². The van der Waals surface area contributed by atoms with Gasteiger partial charge in [-0.1, -0.05) is 17.7 Å². The van der Waals surface area contributed by atoms with Crippen molar-refractivity contribution >= 4 is 17.6 Å². The van der Waals surface area contributed by atoms with Gasteiger partial charge in [0.25, 0.3) is 0 Å². The summed E-state index contributed by atoms with van der Waals surface area (Å²) in [6.45, 7) is 1.99. The quantitative estimate of drug-likeness (QED) is 0.684. The van der Waals surface area contributed by atoms with E-state index in [0.29, 0.717) is 6.42 Å². The molecule has 3 heteroatoms. The maximum atomic E-state index is 11.2. The van der Waals surface area contributed by atoms with E-state index in [9.17, 15) is 4.79 Å². The molecule has 0 aromatic heterocycles. The lowest BCUT2D eigenvalue weighted by Gasteiger charge is -2.23. The maximum Gasteiger partial charge on any atom is 0.306 e. The van der Waals surface area contributed by atoms with Crippen molar-refractivity contribution in [3.8, 4) is 0 Å². The first kappa shape index (κ1) is 10.5. The number of cyclic esters (lactones) is 1. The van der Waals surface area contributed by atoms with Crippen LogP contribution in [0.1, 0.15) is 36.5 Å². The number of aryl methyl sites for hydroxylation is 1. The third kappa shape index (κ3) is 2.32. The Kier molecular flexibility index (Phi) is 2.96. The van der Waals surface area contributed by atoms with E-state index in [0.717, 1.165) is 29.0 Å². The Hall–Kier alpha value is -1.02. The van der Waals surface area contributed by atoms with Crippen LogP contribution in [-0.2, 0) is 9.53 Å². The van der Waals surface area contributed by atoms with Gasteiger partial charge in [-0.2, -0.15) is 0 Å². The third-order valence-electron chi connectivity index (χ3n) is 2.70. The third-order valence-corrected chi connectivity index (χ3v) is 2.93. The molecule has 0 amide bonds. The van der Waals surface area contributed by atoms with Gasteiger partial charge >= 0.3 is 5.97 Å². The second kappa shape index (κ2) is 4.23. The Bertz CT molecular complexity index is 387. The van der Waals surface area contributed by atoms with E-state index < -0.39 is 0 Å². The van der Waals surface area contributed by atoms with Gasteiger partial charge in [0.1, 0.15) is 6.10 Å². The minimum atomic E-state index is -0.0967. The molecule has 1 aromatic carbocycles. The lowest BCUT2D eigenvalue weighted by atomic mass is 9.97. The van der Waals surface area contributed by atoms with E-state index >= 15 is 0 Å². The first-order chi connectivity index (χ1) is 7.16. The number of benzene rings is 1. The van der Waals surface area contributed by atoms with Crippen LogP contribution in [-0.4, -0.2) is 5.97 Å². The predicted octanol–water partition coefficient (Wildman–Crippen LogP) is 3.42. The minimum Gasteiger partial charge on any atom is -0.457 e. The largest absolute Gasteiger partial charge is 0.457 e. The zero-order chi connectivity index (χ0) is 10.8. The molecule has 0 radical (unpaired) electrons. The lowest BCUT2D eigenvalue weighted by Crippen LogP contribution is -2.17. The zero-order valence-corrected chi connectivity index (χ0v) is 9.38. The molecule has 1 aliphatic rings. The number of ether oxygens (including phenoxy) is 1. The number of esters is 1. The second-order valence-corrected chi connectivity index (χ2v) is 4.31. The molecule has 1 fully saturated rings. The van der Waals surface area contributed by atoms with Gasteiger partial charge in [0.15, 0.2) is 0 Å². The van der Waals surface area contributed by atoms with Gasteiger partial charge in [0.2, 0.25) is 0 Å². The highest BCUT2D eigenvalue weighted by molar-refractivity contribution is 6.30. The van der Waals surface area contributed by atoms with E-state index in [2.05, 4.69) is 0 Å². The molecule has 0 bridgehead atoms. The van der Waals surface area contributed by atoms with Crippen molar-refractivity contribution in [2.45, 2.75) is 32.3 Å². The first-order valence-corrected chi connectivity index (χ1v) is 5.50. The van der Waals surface area contributed by atoms with Gasteiger partial charge in [-0.05, 0) is 43.0 Å². The summed E-state index contributed by atoms with van der Waals surface area (Å²) < 4.78 is 5.31. The van der Waals surface area contributed by atoms with Crippen molar-refractivity contribution < 1.29 is 9.53 Å². The SMILES string of the molecule is Cc1cc(Cl)ccc1C1CCCC(=O)O1. The van der Waals surface area contributed by atoms with E-state index in [1.807, 2.05) is 25.1 Å². The number of halogens is 1. The highest BCUT2D eigenvalue weighted by Gasteiger charge is 2.22. The Morgan fingerprint density at radius 3 is 2.93 bits per heavy atom. The van der Waals surface area contributed by atoms with E-state index in [4.69, 9.17) is 16.3 Å². The minimum absolute atomic E-state index is 0.0801. The molecule has 1 aliphatic heterocycles. The number of hydrogen-bond donors (Lipinski definition) is 0. The van der Waals surface area contributed by atoms with Crippen LogP contribution in [0.2, 0.25) is 5.02 Å². The second-order valence-electron chi connectivity index (χ2n) is 3.87. The van der Waals surface area contributed by atoms with Crippen LogP contribution < -0.4 is 0 Å². The van der Waals surface area contributed by atoms with Gasteiger partial charge in [-0.15, -0.1) is 0 Å². The van der Waals surface area contributed by atoms with E-state index in [1.54, 1.807) is 0 Å². The molecule has 1 heterocycles. The standard InChI is InChI=1S/C12H13ClO2/c1-8-7-9(13)5-6-10(8)11-3-2-4-12(14)15-11/h5-7,11H,2-4H2,1H3. The highest BCUT2D eigenvalue weighted by Crippen LogP contribution is 2.31. The van der Waals surface area contributed by atoms with Crippen LogP contribution in [0.25, 0.3) is 0 Å². The molecule has 1 aromatic rings. The van der Waals surface area contributed by atoms with Crippen molar-refractivity contribution in [2.75, 3.05) is 0 Å². The van der Waals surface area contributed by atoms with Gasteiger partial charge in [0, 0.05) is 11.4 Å². The van der Waals surface area contributed by atoms with Crippen molar-refractivity contribution in [1.82, 2.24) is 0 Å². The monoisotopic (exact) mass is 224 g/mol. The number of hydrogen-bond acceptors (Lipinski definition) is 2. The van der Waals surface area contributed by atoms with Crippen LogP contribution in [0.3, 0.4) is 0 Å². The van der Waals surface area contributed by atoms with Crippen LogP contribution in [0, 0.1) is 6.92 Å². The molecule has 0 spiro atoms. The van der Waals surface area contributed by atoms with Crippen molar-refractivity contribution in [3.63, 3.8) is 0 Å². The van der Waals surface area contributed by atoms with Crippen molar-refractivity contribution in [2.24, 2.45) is 0 Å². The number of rotatable bonds is 1. The first-order valence-electron chi connectivity index (χ1n) is 5.12. The summed E-state index contributed by atoms with van der Waals surface area (Å²) in [6.07, 6.45) is 2.28. The Morgan fingerprint density at radius 2 is 2.27 bits per heavy atom. The number of carbonyl (C=O) groups excluding carboxylic acids is 1. The Balaban J connectivity index is 2.24. The fraction of sp³-hybridized carbons (Fsp3) is 0.417. The summed E-state index contributed by atoms with van der Waals surface area (Å²) in [5.41, 5.74) is 2.16. The summed E-state index contributed by atoms with van der Waals surface area (Å²) >= 11 is 5.88. The topological polar surface area (TPSA) is 26.3 Å². The summed E-state index contributed by atoms with van der Waals surface area (Å²) in [7, 11) is 0. The molecule has 2 nitrogen and oxygen atoms in total. The summed E-state index contributed by atoms with van der Waals surface area (Å²) in [5.74, 6) is -0.0967. The predicted molar refractivity (Wildman–Crippen MR) is 58.9 cm³/mol. The fourth-order valence-electron chi connectivity index (χ4n) is 1.93. The van der Waals surface area contributed by atoms with E-state index in [1.165, 1.54) is 0 Å². The lowest BCUT2D eigenvalue weighted by molar-refractivity contribution is -0.154. The van der Waals surface area contributed by atoms with Crippen LogP contribution in [0.4, 0.5) is 0 Å². The number of carbonyl (C=O) groups is 1. The fourth-order valence-corrected chi connectivity index (χ4v) is 2.15. The zero-order valence-electron chi connectivity index (χ0n) is 8.63. The molecule has 15 heavy (non-hydrogen) atoms. The van der Waals surface area contributed by atoms with Gasteiger partial charge in [-0.25, -0.2) is 0 Å². The highest BCUT2D eigenvalue weighted by atomic mass is 35.5. The smallest absolute Gasteiger partial charge is 0.306 e. The Labute approximate surface area is 94.2 Å². The molecule has 80 valence electrons. The molecule has 1 atom stereocenters. The van der Waals surface area contributed by atoms with Crippen LogP contribution in [0.15, 0.2) is 18.2 Å². The average molecular weight is 225 g/mol. The van der Waals surface area contributed by atoms with Gasteiger partial charge in [0.05, 0.1) is 0 Å². The van der Waals surface area contributed by atoms with Gasteiger partial charge in [-0.3, -0.25) is 4.79 Å². The molecular weight excluding hydrogens is 212 g/mol. The summed E-state index contributed by atoms with van der Waals surface area (Å²) in [4.78, 5) is 11.2. The molecule has 2 rings (SSSR count). The summed E-state index contributed by atoms with van der Waals surface area (Å²) in [6, 6.07) is 5.69. The molecule has 1 unspecified atom stereocenters. The summed E-state index contributed by atoms with van der Waals surface area (Å²) in [5, 5.41) is 0.721. The molecule has 0 N–H and O–H groups in total. The normalized spacial score (nSPS) is 21.2. The molecule has 0 aliphatic carbocycles. The average Bonchev–Trinajstić information content (AvgIpc) is 2.17. The maximum absolute atomic E-state index is 11.2. The van der Waals surface area contributed by atoms with Crippen molar-refractivity contribution in [3.05, 3.63) is 34.3 Å².